The normalized spacial score (nSPS) is 16.9. The molecule has 1 aliphatic heterocycles. The monoisotopic (exact) mass is 262 g/mol. The van der Waals surface area contributed by atoms with Gasteiger partial charge in [0.05, 0.1) is 5.69 Å². The molecule has 1 saturated heterocycles. The number of nitrogens with one attached hydrogen (secondary N) is 2. The minimum atomic E-state index is 0.472. The quantitative estimate of drug-likeness (QED) is 0.817. The van der Waals surface area contributed by atoms with Crippen molar-refractivity contribution in [3.8, 4) is 0 Å². The molecule has 0 aromatic carbocycles. The van der Waals surface area contributed by atoms with Crippen molar-refractivity contribution in [3.63, 3.8) is 0 Å². The Morgan fingerprint density at radius 3 is 3.00 bits per heavy atom. The van der Waals surface area contributed by atoms with E-state index in [9.17, 15) is 0 Å². The molecule has 0 bridgehead atoms. The second kappa shape index (κ2) is 5.08. The molecule has 94 valence electrons. The molecule has 18 heavy (non-hydrogen) atoms. The highest BCUT2D eigenvalue weighted by molar-refractivity contribution is 6.32. The highest BCUT2D eigenvalue weighted by Gasteiger charge is 2.14. The number of anilines is 1. The number of halogens is 1. The lowest BCUT2D eigenvalue weighted by atomic mass is 10.1. The number of pyridine rings is 2. The van der Waals surface area contributed by atoms with Crippen LogP contribution < -0.4 is 10.6 Å². The number of hydrogen-bond donors (Lipinski definition) is 2. The van der Waals surface area contributed by atoms with Crippen LogP contribution in [-0.4, -0.2) is 29.1 Å². The average molecular weight is 263 g/mol. The fourth-order valence-electron chi connectivity index (χ4n) is 2.27. The highest BCUT2D eigenvalue weighted by atomic mass is 35.5. The molecular weight excluding hydrogens is 248 g/mol. The molecule has 1 aliphatic rings. The number of fused-ring (bicyclic) bond motifs is 1. The lowest BCUT2D eigenvalue weighted by Gasteiger charge is -2.25. The van der Waals surface area contributed by atoms with Crippen LogP contribution in [0.4, 0.5) is 5.69 Å². The van der Waals surface area contributed by atoms with Gasteiger partial charge in [0.2, 0.25) is 0 Å². The van der Waals surface area contributed by atoms with Gasteiger partial charge in [-0.2, -0.15) is 0 Å². The van der Waals surface area contributed by atoms with Crippen LogP contribution in [0.3, 0.4) is 0 Å². The summed E-state index contributed by atoms with van der Waals surface area (Å²) in [5.74, 6) is 0. The molecule has 2 N–H and O–H groups in total. The first-order valence-corrected chi connectivity index (χ1v) is 6.59. The Labute approximate surface area is 111 Å². The van der Waals surface area contributed by atoms with Crippen LogP contribution in [0.25, 0.3) is 11.0 Å². The number of rotatable bonds is 2. The topological polar surface area (TPSA) is 49.8 Å². The molecule has 5 heteroatoms. The van der Waals surface area contributed by atoms with Crippen molar-refractivity contribution in [3.05, 3.63) is 29.5 Å². The summed E-state index contributed by atoms with van der Waals surface area (Å²) in [6.07, 6.45) is 3.95. The van der Waals surface area contributed by atoms with E-state index in [1.807, 2.05) is 18.2 Å². The smallest absolute Gasteiger partial charge is 0.160 e. The van der Waals surface area contributed by atoms with Crippen molar-refractivity contribution in [1.82, 2.24) is 15.3 Å². The first kappa shape index (κ1) is 11.7. The first-order valence-electron chi connectivity index (χ1n) is 6.21. The first-order chi connectivity index (χ1) is 8.83. The van der Waals surface area contributed by atoms with Gasteiger partial charge in [-0.25, -0.2) is 9.97 Å². The summed E-state index contributed by atoms with van der Waals surface area (Å²) < 4.78 is 0. The predicted octanol–water partition coefficient (Wildman–Crippen LogP) is 2.45. The third-order valence-electron chi connectivity index (χ3n) is 3.24. The molecular formula is C13H15ClN4. The molecule has 0 amide bonds. The molecule has 2 aromatic rings. The van der Waals surface area contributed by atoms with Crippen molar-refractivity contribution in [2.45, 2.75) is 18.9 Å². The molecule has 0 spiro atoms. The molecule has 0 aliphatic carbocycles. The van der Waals surface area contributed by atoms with Crippen LogP contribution in [0, 0.1) is 0 Å². The van der Waals surface area contributed by atoms with Gasteiger partial charge in [-0.1, -0.05) is 11.6 Å². The molecule has 3 heterocycles. The zero-order chi connectivity index (χ0) is 12.4. The maximum absolute atomic E-state index is 6.19. The summed E-state index contributed by atoms with van der Waals surface area (Å²) in [5.41, 5.74) is 1.60. The molecule has 2 aromatic heterocycles. The van der Waals surface area contributed by atoms with Crippen LogP contribution in [0.15, 0.2) is 24.4 Å². The molecule has 0 saturated carbocycles. The van der Waals surface area contributed by atoms with Gasteiger partial charge in [0.15, 0.2) is 10.8 Å². The summed E-state index contributed by atoms with van der Waals surface area (Å²) in [6, 6.07) is 6.41. The van der Waals surface area contributed by atoms with Crippen molar-refractivity contribution >= 4 is 28.3 Å². The summed E-state index contributed by atoms with van der Waals surface area (Å²) in [6.45, 7) is 2.11. The second-order valence-electron chi connectivity index (χ2n) is 4.55. The number of aromatic nitrogens is 2. The molecule has 0 unspecified atom stereocenters. The highest BCUT2D eigenvalue weighted by Crippen LogP contribution is 2.25. The maximum Gasteiger partial charge on any atom is 0.160 e. The zero-order valence-corrected chi connectivity index (χ0v) is 10.7. The molecule has 1 fully saturated rings. The Bertz CT molecular complexity index is 552. The van der Waals surface area contributed by atoms with E-state index in [0.717, 1.165) is 37.0 Å². The van der Waals surface area contributed by atoms with Crippen molar-refractivity contribution in [1.29, 1.82) is 0 Å². The molecule has 0 radical (unpaired) electrons. The Kier molecular flexibility index (Phi) is 3.30. The number of nitrogens with zero attached hydrogens (tertiary/aromatic N) is 2. The third-order valence-corrected chi connectivity index (χ3v) is 3.53. The molecule has 3 rings (SSSR count). The summed E-state index contributed by atoms with van der Waals surface area (Å²) >= 11 is 6.19. The number of piperidine rings is 1. The third kappa shape index (κ3) is 2.40. The van der Waals surface area contributed by atoms with E-state index in [4.69, 9.17) is 11.6 Å². The van der Waals surface area contributed by atoms with Gasteiger partial charge in [-0.15, -0.1) is 0 Å². The Balaban J connectivity index is 1.88. The van der Waals surface area contributed by atoms with Crippen LogP contribution in [0.2, 0.25) is 5.15 Å². The van der Waals surface area contributed by atoms with E-state index in [0.29, 0.717) is 16.8 Å². The van der Waals surface area contributed by atoms with Gasteiger partial charge in [0.25, 0.3) is 0 Å². The number of hydrogen-bond acceptors (Lipinski definition) is 4. The predicted molar refractivity (Wildman–Crippen MR) is 74.1 cm³/mol. The summed E-state index contributed by atoms with van der Waals surface area (Å²) in [5, 5.41) is 8.34. The summed E-state index contributed by atoms with van der Waals surface area (Å²) in [4.78, 5) is 8.51. The summed E-state index contributed by atoms with van der Waals surface area (Å²) in [7, 11) is 0. The van der Waals surface area contributed by atoms with Crippen molar-refractivity contribution in [2.24, 2.45) is 0 Å². The minimum absolute atomic E-state index is 0.472. The van der Waals surface area contributed by atoms with Gasteiger partial charge in [0, 0.05) is 17.6 Å². The van der Waals surface area contributed by atoms with Crippen LogP contribution in [0.5, 0.6) is 0 Å². The standard InChI is InChI=1S/C13H15ClN4/c14-12-11(17-10-3-6-15-7-4-10)8-9-2-1-5-16-13(9)18-12/h1-2,5,8,10,15,17H,3-4,6-7H2. The van der Waals surface area contributed by atoms with Crippen molar-refractivity contribution < 1.29 is 0 Å². The largest absolute Gasteiger partial charge is 0.380 e. The van der Waals surface area contributed by atoms with Gasteiger partial charge >= 0.3 is 0 Å². The SMILES string of the molecule is Clc1nc2ncccc2cc1NC1CCNCC1. The average Bonchev–Trinajstić information content (AvgIpc) is 2.41. The molecule has 4 nitrogen and oxygen atoms in total. The Hall–Kier alpha value is -1.39. The van der Waals surface area contributed by atoms with E-state index in [1.165, 1.54) is 0 Å². The van der Waals surface area contributed by atoms with E-state index < -0.39 is 0 Å². The van der Waals surface area contributed by atoms with E-state index >= 15 is 0 Å². The molecule has 0 atom stereocenters. The lowest BCUT2D eigenvalue weighted by Crippen LogP contribution is -2.35. The van der Waals surface area contributed by atoms with Gasteiger partial charge < -0.3 is 10.6 Å². The van der Waals surface area contributed by atoms with Crippen LogP contribution in [-0.2, 0) is 0 Å². The minimum Gasteiger partial charge on any atom is -0.380 e. The van der Waals surface area contributed by atoms with Gasteiger partial charge in [-0.05, 0) is 44.1 Å². The maximum atomic E-state index is 6.19. The van der Waals surface area contributed by atoms with Crippen LogP contribution >= 0.6 is 11.6 Å². The van der Waals surface area contributed by atoms with E-state index in [-0.39, 0.29) is 0 Å². The Morgan fingerprint density at radius 2 is 2.17 bits per heavy atom. The van der Waals surface area contributed by atoms with E-state index in [2.05, 4.69) is 20.6 Å². The fourth-order valence-corrected chi connectivity index (χ4v) is 2.46. The second-order valence-corrected chi connectivity index (χ2v) is 4.90. The van der Waals surface area contributed by atoms with Gasteiger partial charge in [0.1, 0.15) is 0 Å². The van der Waals surface area contributed by atoms with Gasteiger partial charge in [-0.3, -0.25) is 0 Å². The van der Waals surface area contributed by atoms with Crippen molar-refractivity contribution in [2.75, 3.05) is 18.4 Å². The van der Waals surface area contributed by atoms with E-state index in [1.54, 1.807) is 6.20 Å². The zero-order valence-electron chi connectivity index (χ0n) is 9.99. The van der Waals surface area contributed by atoms with Crippen LogP contribution in [0.1, 0.15) is 12.8 Å². The lowest BCUT2D eigenvalue weighted by molar-refractivity contribution is 0.479. The fraction of sp³-hybridized carbons (Fsp3) is 0.385. The Morgan fingerprint density at radius 1 is 1.33 bits per heavy atom.